The Labute approximate surface area is 175 Å². The third-order valence-electron chi connectivity index (χ3n) is 6.20. The summed E-state index contributed by atoms with van der Waals surface area (Å²) in [7, 11) is 0. The monoisotopic (exact) mass is 384 g/mol. The molecular weight excluding hydrogens is 352 g/mol. The summed E-state index contributed by atoms with van der Waals surface area (Å²) in [6, 6.07) is 32.2. The van der Waals surface area contributed by atoms with Crippen molar-refractivity contribution in [2.45, 2.75) is 45.4 Å². The molecule has 1 aliphatic heterocycles. The molecule has 0 N–H and O–H groups in total. The van der Waals surface area contributed by atoms with E-state index in [9.17, 15) is 0 Å². The Hall–Kier alpha value is -2.42. The summed E-state index contributed by atoms with van der Waals surface area (Å²) in [5, 5.41) is 0. The quantitative estimate of drug-likeness (QED) is 0.558. The molecule has 1 fully saturated rings. The van der Waals surface area contributed by atoms with Crippen LogP contribution in [0, 0.1) is 6.92 Å². The Morgan fingerprint density at radius 1 is 0.759 bits per heavy atom. The predicted molar refractivity (Wildman–Crippen MR) is 122 cm³/mol. The van der Waals surface area contributed by atoms with Crippen molar-refractivity contribution < 1.29 is 0 Å². The van der Waals surface area contributed by atoms with Crippen molar-refractivity contribution in [1.82, 2.24) is 9.80 Å². The van der Waals surface area contributed by atoms with E-state index in [0.717, 1.165) is 19.6 Å². The second-order valence-electron chi connectivity index (χ2n) is 8.54. The first-order chi connectivity index (χ1) is 14.1. The van der Waals surface area contributed by atoms with E-state index in [-0.39, 0.29) is 0 Å². The van der Waals surface area contributed by atoms with Crippen LogP contribution in [0.1, 0.15) is 42.1 Å². The van der Waals surface area contributed by atoms with E-state index < -0.39 is 0 Å². The van der Waals surface area contributed by atoms with Gasteiger partial charge in [0.2, 0.25) is 0 Å². The summed E-state index contributed by atoms with van der Waals surface area (Å²) in [5.74, 6) is 0. The SMILES string of the molecule is Cc1cccc([C@@H](c2ccccc2)N2C[C@@H](C)N(Cc3ccccc3)C[C@@H]2C)c1. The molecular formula is C27H32N2. The molecule has 0 bridgehead atoms. The van der Waals surface area contributed by atoms with Gasteiger partial charge in [0.1, 0.15) is 0 Å². The minimum Gasteiger partial charge on any atom is -0.294 e. The lowest BCUT2D eigenvalue weighted by Gasteiger charge is -2.47. The van der Waals surface area contributed by atoms with Crippen molar-refractivity contribution in [2.75, 3.05) is 13.1 Å². The third kappa shape index (κ3) is 4.60. The van der Waals surface area contributed by atoms with Crippen LogP contribution in [0.3, 0.4) is 0 Å². The number of piperazine rings is 1. The molecule has 0 spiro atoms. The highest BCUT2D eigenvalue weighted by atomic mass is 15.3. The summed E-state index contributed by atoms with van der Waals surface area (Å²) in [4.78, 5) is 5.34. The fourth-order valence-corrected chi connectivity index (χ4v) is 4.67. The van der Waals surface area contributed by atoms with E-state index in [1.807, 2.05) is 0 Å². The smallest absolute Gasteiger partial charge is 0.0605 e. The molecule has 29 heavy (non-hydrogen) atoms. The zero-order valence-electron chi connectivity index (χ0n) is 17.8. The summed E-state index contributed by atoms with van der Waals surface area (Å²) in [6.07, 6.45) is 0. The van der Waals surface area contributed by atoms with Gasteiger partial charge in [0.25, 0.3) is 0 Å². The highest BCUT2D eigenvalue weighted by molar-refractivity contribution is 5.34. The highest BCUT2D eigenvalue weighted by Crippen LogP contribution is 2.33. The predicted octanol–water partition coefficient (Wildman–Crippen LogP) is 5.68. The molecule has 150 valence electrons. The van der Waals surface area contributed by atoms with Gasteiger partial charge in [0.15, 0.2) is 0 Å². The first kappa shape index (κ1) is 19.9. The lowest BCUT2D eigenvalue weighted by atomic mass is 9.92. The fourth-order valence-electron chi connectivity index (χ4n) is 4.67. The van der Waals surface area contributed by atoms with Crippen LogP contribution >= 0.6 is 0 Å². The van der Waals surface area contributed by atoms with Crippen LogP contribution < -0.4 is 0 Å². The molecule has 1 aliphatic rings. The van der Waals surface area contributed by atoms with Crippen molar-refractivity contribution in [3.63, 3.8) is 0 Å². The van der Waals surface area contributed by atoms with Gasteiger partial charge in [-0.05, 0) is 37.5 Å². The summed E-state index contributed by atoms with van der Waals surface area (Å²) >= 11 is 0. The van der Waals surface area contributed by atoms with E-state index in [0.29, 0.717) is 18.1 Å². The molecule has 0 aliphatic carbocycles. The molecule has 1 heterocycles. The van der Waals surface area contributed by atoms with Gasteiger partial charge in [-0.3, -0.25) is 9.80 Å². The Morgan fingerprint density at radius 3 is 2.10 bits per heavy atom. The lowest BCUT2D eigenvalue weighted by Crippen LogP contribution is -2.56. The molecule has 0 radical (unpaired) electrons. The summed E-state index contributed by atoms with van der Waals surface area (Å²) in [5.41, 5.74) is 5.51. The minimum absolute atomic E-state index is 0.299. The fraction of sp³-hybridized carbons (Fsp3) is 0.333. The molecule has 2 nitrogen and oxygen atoms in total. The van der Waals surface area contributed by atoms with Gasteiger partial charge in [-0.15, -0.1) is 0 Å². The van der Waals surface area contributed by atoms with E-state index in [1.165, 1.54) is 22.3 Å². The van der Waals surface area contributed by atoms with E-state index in [4.69, 9.17) is 0 Å². The molecule has 0 saturated carbocycles. The van der Waals surface area contributed by atoms with Gasteiger partial charge in [-0.25, -0.2) is 0 Å². The Kier molecular flexibility index (Phi) is 6.13. The van der Waals surface area contributed by atoms with Gasteiger partial charge < -0.3 is 0 Å². The average molecular weight is 385 g/mol. The molecule has 2 heteroatoms. The Bertz CT molecular complexity index is 906. The molecule has 1 saturated heterocycles. The second-order valence-corrected chi connectivity index (χ2v) is 8.54. The summed E-state index contributed by atoms with van der Waals surface area (Å²) in [6.45, 7) is 10.1. The maximum Gasteiger partial charge on any atom is 0.0605 e. The van der Waals surface area contributed by atoms with E-state index in [2.05, 4.69) is 116 Å². The number of rotatable bonds is 5. The topological polar surface area (TPSA) is 6.48 Å². The van der Waals surface area contributed by atoms with Crippen molar-refractivity contribution in [1.29, 1.82) is 0 Å². The van der Waals surface area contributed by atoms with Crippen molar-refractivity contribution in [3.05, 3.63) is 107 Å². The normalized spacial score (nSPS) is 21.8. The van der Waals surface area contributed by atoms with E-state index >= 15 is 0 Å². The van der Waals surface area contributed by atoms with Crippen molar-refractivity contribution >= 4 is 0 Å². The number of hydrogen-bond donors (Lipinski definition) is 0. The Morgan fingerprint density at radius 2 is 1.41 bits per heavy atom. The van der Waals surface area contributed by atoms with Gasteiger partial charge in [-0.2, -0.15) is 0 Å². The lowest BCUT2D eigenvalue weighted by molar-refractivity contribution is 0.0195. The van der Waals surface area contributed by atoms with Crippen LogP contribution in [-0.4, -0.2) is 35.0 Å². The van der Waals surface area contributed by atoms with Gasteiger partial charge in [0.05, 0.1) is 6.04 Å². The zero-order chi connectivity index (χ0) is 20.2. The van der Waals surface area contributed by atoms with Crippen LogP contribution in [0.5, 0.6) is 0 Å². The maximum atomic E-state index is 2.70. The summed E-state index contributed by atoms with van der Waals surface area (Å²) < 4.78 is 0. The number of aryl methyl sites for hydroxylation is 1. The van der Waals surface area contributed by atoms with Crippen molar-refractivity contribution in [2.24, 2.45) is 0 Å². The van der Waals surface area contributed by atoms with Crippen LogP contribution in [0.4, 0.5) is 0 Å². The number of benzene rings is 3. The molecule has 0 aromatic heterocycles. The highest BCUT2D eigenvalue weighted by Gasteiger charge is 2.34. The van der Waals surface area contributed by atoms with Gasteiger partial charge >= 0.3 is 0 Å². The number of nitrogens with zero attached hydrogens (tertiary/aromatic N) is 2. The number of hydrogen-bond acceptors (Lipinski definition) is 2. The third-order valence-corrected chi connectivity index (χ3v) is 6.20. The average Bonchev–Trinajstić information content (AvgIpc) is 2.73. The zero-order valence-corrected chi connectivity index (χ0v) is 17.8. The van der Waals surface area contributed by atoms with Crippen molar-refractivity contribution in [3.8, 4) is 0 Å². The van der Waals surface area contributed by atoms with Gasteiger partial charge in [-0.1, -0.05) is 90.5 Å². The second kappa shape index (κ2) is 8.94. The van der Waals surface area contributed by atoms with Crippen LogP contribution in [-0.2, 0) is 6.54 Å². The van der Waals surface area contributed by atoms with Gasteiger partial charge in [0, 0.05) is 31.7 Å². The Balaban J connectivity index is 1.60. The molecule has 3 atom stereocenters. The molecule has 4 rings (SSSR count). The molecule has 3 aromatic rings. The van der Waals surface area contributed by atoms with Crippen LogP contribution in [0.25, 0.3) is 0 Å². The molecule has 3 aromatic carbocycles. The molecule has 0 amide bonds. The molecule has 0 unspecified atom stereocenters. The first-order valence-corrected chi connectivity index (χ1v) is 10.8. The standard InChI is InChI=1S/C27H32N2/c1-21-11-10-16-26(17-21)27(25-14-8-5-9-15-25)29-19-22(2)28(18-23(29)3)20-24-12-6-4-7-13-24/h4-17,22-23,27H,18-20H2,1-3H3/t22-,23+,27-/m1/s1. The van der Waals surface area contributed by atoms with Crippen LogP contribution in [0.15, 0.2) is 84.9 Å². The first-order valence-electron chi connectivity index (χ1n) is 10.8. The largest absolute Gasteiger partial charge is 0.294 e. The maximum absolute atomic E-state index is 2.70. The van der Waals surface area contributed by atoms with E-state index in [1.54, 1.807) is 0 Å². The van der Waals surface area contributed by atoms with Crippen LogP contribution in [0.2, 0.25) is 0 Å². The minimum atomic E-state index is 0.299.